The summed E-state index contributed by atoms with van der Waals surface area (Å²) in [7, 11) is 0. The van der Waals surface area contributed by atoms with Crippen LogP contribution in [-0.4, -0.2) is 31.4 Å². The van der Waals surface area contributed by atoms with Crippen LogP contribution in [0.3, 0.4) is 0 Å². The first-order chi connectivity index (χ1) is 12.5. The summed E-state index contributed by atoms with van der Waals surface area (Å²) in [6, 6.07) is 13.6. The predicted octanol–water partition coefficient (Wildman–Crippen LogP) is 3.27. The van der Waals surface area contributed by atoms with E-state index >= 15 is 0 Å². The van der Waals surface area contributed by atoms with E-state index in [1.165, 1.54) is 6.07 Å². The Morgan fingerprint density at radius 1 is 1.15 bits per heavy atom. The zero-order valence-corrected chi connectivity index (χ0v) is 14.8. The molecule has 0 aliphatic rings. The Kier molecular flexibility index (Phi) is 5.24. The third kappa shape index (κ3) is 3.87. The summed E-state index contributed by atoms with van der Waals surface area (Å²) in [6.07, 6.45) is 0.524. The maximum absolute atomic E-state index is 11.3. The topological polar surface area (TPSA) is 98.5 Å². The van der Waals surface area contributed by atoms with Gasteiger partial charge < -0.3 is 15.3 Å². The highest BCUT2D eigenvalue weighted by molar-refractivity contribution is 6.30. The Bertz CT molecular complexity index is 1010. The molecular weight excluding hydrogens is 381 g/mol. The zero-order chi connectivity index (χ0) is 18.7. The summed E-state index contributed by atoms with van der Waals surface area (Å²) in [5.74, 6) is -0.552. The van der Waals surface area contributed by atoms with Crippen LogP contribution in [-0.2, 0) is 6.42 Å². The molecule has 26 heavy (non-hydrogen) atoms. The summed E-state index contributed by atoms with van der Waals surface area (Å²) in [4.78, 5) is 16.2. The molecule has 0 aliphatic heterocycles. The minimum Gasteiger partial charge on any atom is -0.409 e. The normalized spacial score (nSPS) is 11.7. The summed E-state index contributed by atoms with van der Waals surface area (Å²) in [6.45, 7) is 0.226. The number of hydrogen-bond donors (Lipinski definition) is 1. The number of halogens is 2. The van der Waals surface area contributed by atoms with Gasteiger partial charge >= 0.3 is 5.82 Å². The van der Waals surface area contributed by atoms with E-state index in [4.69, 9.17) is 23.2 Å². The van der Waals surface area contributed by atoms with Crippen molar-refractivity contribution in [1.29, 1.82) is 0 Å². The number of hydrogen-bond acceptors (Lipinski definition) is 5. The van der Waals surface area contributed by atoms with E-state index in [0.717, 1.165) is 10.4 Å². The van der Waals surface area contributed by atoms with Gasteiger partial charge in [-0.3, -0.25) is 4.99 Å². The van der Waals surface area contributed by atoms with Crippen LogP contribution in [0.15, 0.2) is 53.5 Å². The number of benzene rings is 2. The third-order valence-corrected chi connectivity index (χ3v) is 4.03. The lowest BCUT2D eigenvalue weighted by molar-refractivity contribution is -0.391. The van der Waals surface area contributed by atoms with Crippen LogP contribution in [0.4, 0.5) is 5.82 Å². The molecule has 0 bridgehead atoms. The third-order valence-electron chi connectivity index (χ3n) is 3.55. The molecule has 0 amide bonds. The molecule has 0 fully saturated rings. The first-order valence-electron chi connectivity index (χ1n) is 7.52. The van der Waals surface area contributed by atoms with E-state index in [-0.39, 0.29) is 12.0 Å². The van der Waals surface area contributed by atoms with E-state index in [2.05, 4.69) is 10.1 Å². The summed E-state index contributed by atoms with van der Waals surface area (Å²) >= 11 is 11.8. The Labute approximate surface area is 157 Å². The molecule has 3 rings (SSSR count). The van der Waals surface area contributed by atoms with Crippen molar-refractivity contribution in [3.05, 3.63) is 79.7 Å². The van der Waals surface area contributed by atoms with Crippen molar-refractivity contribution in [2.75, 3.05) is 6.54 Å². The summed E-state index contributed by atoms with van der Waals surface area (Å²) < 4.78 is 0. The van der Waals surface area contributed by atoms with Crippen molar-refractivity contribution in [1.82, 2.24) is 14.7 Å². The molecule has 2 aromatic carbocycles. The second-order valence-corrected chi connectivity index (χ2v) is 6.19. The summed E-state index contributed by atoms with van der Waals surface area (Å²) in [5, 5.41) is 26.4. The van der Waals surface area contributed by atoms with Gasteiger partial charge in [-0.05, 0) is 52.0 Å². The van der Waals surface area contributed by atoms with Gasteiger partial charge in [0.25, 0.3) is 5.49 Å². The van der Waals surface area contributed by atoms with Crippen LogP contribution in [0.5, 0.6) is 0 Å². The molecular formula is C16H13Cl2N5O3. The van der Waals surface area contributed by atoms with Gasteiger partial charge in [-0.15, -0.1) is 0 Å². The highest BCUT2D eigenvalue weighted by atomic mass is 35.5. The quantitative estimate of drug-likeness (QED) is 0.408. The van der Waals surface area contributed by atoms with Gasteiger partial charge in [0.2, 0.25) is 0 Å². The average molecular weight is 394 g/mol. The van der Waals surface area contributed by atoms with E-state index in [1.807, 2.05) is 12.1 Å². The molecule has 0 radical (unpaired) electrons. The second kappa shape index (κ2) is 7.59. The number of nitrogens with zero attached hydrogens (tertiary/aromatic N) is 5. The Balaban J connectivity index is 1.95. The molecule has 1 N–H and O–H groups in total. The zero-order valence-electron chi connectivity index (χ0n) is 13.3. The fourth-order valence-corrected chi connectivity index (χ4v) is 2.63. The Hall–Kier alpha value is -2.84. The Morgan fingerprint density at radius 3 is 2.54 bits per heavy atom. The van der Waals surface area contributed by atoms with Crippen LogP contribution in [0.25, 0.3) is 5.69 Å². The standard InChI is InChI=1S/C16H13Cl2N5O3/c17-12-6-4-11(5-7-12)8-9-19-15-16(23(25)26)20-21(22(15)24)14-3-1-2-13(18)10-14/h1-7,10,24H,8-9H2. The SMILES string of the molecule is O=[N+]([O-])c1nn(-c2cccc(Cl)c2)n(O)c1=NCCc1ccc(Cl)cc1. The van der Waals surface area contributed by atoms with Crippen molar-refractivity contribution >= 4 is 29.0 Å². The van der Waals surface area contributed by atoms with Gasteiger partial charge in [0.1, 0.15) is 5.69 Å². The van der Waals surface area contributed by atoms with Gasteiger partial charge in [0.15, 0.2) is 0 Å². The number of nitro groups is 1. The number of rotatable bonds is 5. The average Bonchev–Trinajstić information content (AvgIpc) is 2.94. The summed E-state index contributed by atoms with van der Waals surface area (Å²) in [5.41, 5.74) is 1.08. The van der Waals surface area contributed by atoms with E-state index < -0.39 is 10.7 Å². The predicted molar refractivity (Wildman–Crippen MR) is 96.0 cm³/mol. The smallest absolute Gasteiger partial charge is 0.409 e. The van der Waals surface area contributed by atoms with E-state index in [9.17, 15) is 15.3 Å². The molecule has 0 aliphatic carbocycles. The molecule has 8 nitrogen and oxygen atoms in total. The largest absolute Gasteiger partial charge is 0.438 e. The molecule has 10 heteroatoms. The van der Waals surface area contributed by atoms with Crippen LogP contribution in [0, 0.1) is 10.1 Å². The first-order valence-corrected chi connectivity index (χ1v) is 8.28. The lowest BCUT2D eigenvalue weighted by Gasteiger charge is -2.00. The maximum Gasteiger partial charge on any atom is 0.438 e. The fraction of sp³-hybridized carbons (Fsp3) is 0.125. The number of aromatic nitrogens is 3. The first kappa shape index (κ1) is 18.0. The molecule has 0 unspecified atom stereocenters. The van der Waals surface area contributed by atoms with Gasteiger partial charge in [-0.25, -0.2) is 0 Å². The molecule has 0 spiro atoms. The molecule has 1 heterocycles. The van der Waals surface area contributed by atoms with Crippen molar-refractivity contribution in [2.24, 2.45) is 4.99 Å². The second-order valence-electron chi connectivity index (χ2n) is 5.32. The van der Waals surface area contributed by atoms with Crippen molar-refractivity contribution in [2.45, 2.75) is 6.42 Å². The Morgan fingerprint density at radius 2 is 1.88 bits per heavy atom. The molecule has 0 saturated carbocycles. The van der Waals surface area contributed by atoms with E-state index in [0.29, 0.717) is 27.0 Å². The monoisotopic (exact) mass is 393 g/mol. The van der Waals surface area contributed by atoms with Crippen LogP contribution < -0.4 is 5.49 Å². The van der Waals surface area contributed by atoms with Gasteiger partial charge in [0, 0.05) is 16.6 Å². The van der Waals surface area contributed by atoms with Gasteiger partial charge in [-0.1, -0.05) is 46.2 Å². The van der Waals surface area contributed by atoms with Crippen LogP contribution in [0.2, 0.25) is 10.0 Å². The van der Waals surface area contributed by atoms with Gasteiger partial charge in [0.05, 0.1) is 5.10 Å². The van der Waals surface area contributed by atoms with Crippen molar-refractivity contribution < 1.29 is 10.1 Å². The molecule has 0 saturated heterocycles. The molecule has 0 atom stereocenters. The lowest BCUT2D eigenvalue weighted by atomic mass is 10.1. The highest BCUT2D eigenvalue weighted by Crippen LogP contribution is 2.14. The maximum atomic E-state index is 11.3. The molecule has 1 aromatic heterocycles. The van der Waals surface area contributed by atoms with Crippen molar-refractivity contribution in [3.63, 3.8) is 0 Å². The molecule has 3 aromatic rings. The lowest BCUT2D eigenvalue weighted by Crippen LogP contribution is -2.23. The van der Waals surface area contributed by atoms with Crippen LogP contribution >= 0.6 is 23.2 Å². The van der Waals surface area contributed by atoms with E-state index in [1.54, 1.807) is 30.3 Å². The van der Waals surface area contributed by atoms with Gasteiger partial charge in [-0.2, -0.15) is 0 Å². The highest BCUT2D eigenvalue weighted by Gasteiger charge is 2.23. The van der Waals surface area contributed by atoms with Crippen molar-refractivity contribution in [3.8, 4) is 5.69 Å². The van der Waals surface area contributed by atoms with Crippen LogP contribution in [0.1, 0.15) is 5.56 Å². The fourth-order valence-electron chi connectivity index (χ4n) is 2.32. The minimum atomic E-state index is -0.700. The molecule has 134 valence electrons. The minimum absolute atomic E-state index is 0.226.